The molecule has 0 aliphatic rings. The lowest BCUT2D eigenvalue weighted by Crippen LogP contribution is -2.28. The Hall–Kier alpha value is -1.62. The Morgan fingerprint density at radius 1 is 0.393 bits per heavy atom. The molecular weight excluding hydrogens is 693 g/mol. The van der Waals surface area contributed by atoms with E-state index in [0.29, 0.717) is 12.8 Å². The molecule has 0 rings (SSSR count). The van der Waals surface area contributed by atoms with Gasteiger partial charge in [0.2, 0.25) is 0 Å². The van der Waals surface area contributed by atoms with Crippen molar-refractivity contribution in [2.75, 3.05) is 13.2 Å². The maximum atomic E-state index is 12.2. The van der Waals surface area contributed by atoms with Gasteiger partial charge in [-0.2, -0.15) is 0 Å². The number of rotatable bonds is 46. The molecule has 1 N–H and O–H groups in total. The number of unbranched alkanes of at least 4 members (excludes halogenated alkanes) is 34. The predicted molar refractivity (Wildman–Crippen MR) is 242 cm³/mol. The van der Waals surface area contributed by atoms with Crippen LogP contribution in [-0.2, 0) is 19.1 Å². The Bertz CT molecular complexity index is 851. The highest BCUT2D eigenvalue weighted by atomic mass is 16.6. The van der Waals surface area contributed by atoms with Gasteiger partial charge >= 0.3 is 11.9 Å². The van der Waals surface area contributed by atoms with E-state index in [2.05, 4.69) is 38.2 Å². The molecule has 0 aromatic carbocycles. The van der Waals surface area contributed by atoms with Crippen molar-refractivity contribution in [1.29, 1.82) is 0 Å². The SMILES string of the molecule is CCCCCCCC/C=C\CCCCCCCC(=O)OCC(CO)OC(=O)CCCCCCCCCCCCCCCCC/C=C\CCCCCCCCCC. The first kappa shape index (κ1) is 54.4. The van der Waals surface area contributed by atoms with Gasteiger partial charge in [-0.25, -0.2) is 0 Å². The van der Waals surface area contributed by atoms with Crippen LogP contribution in [-0.4, -0.2) is 36.4 Å². The van der Waals surface area contributed by atoms with Gasteiger partial charge in [-0.1, -0.05) is 218 Å². The highest BCUT2D eigenvalue weighted by Crippen LogP contribution is 2.16. The lowest BCUT2D eigenvalue weighted by Gasteiger charge is -2.15. The molecule has 1 unspecified atom stereocenters. The monoisotopic (exact) mass is 789 g/mol. The third kappa shape index (κ3) is 45.1. The van der Waals surface area contributed by atoms with Gasteiger partial charge in [-0.15, -0.1) is 0 Å². The molecule has 0 aliphatic heterocycles. The number of esters is 2. The second kappa shape index (κ2) is 47.8. The second-order valence-corrected chi connectivity index (χ2v) is 16.9. The fourth-order valence-corrected chi connectivity index (χ4v) is 7.43. The summed E-state index contributed by atoms with van der Waals surface area (Å²) in [4.78, 5) is 24.4. The number of ether oxygens (including phenoxy) is 2. The number of carbonyl (C=O) groups excluding carboxylic acids is 2. The average Bonchev–Trinajstić information content (AvgIpc) is 3.20. The van der Waals surface area contributed by atoms with Gasteiger partial charge in [-0.05, 0) is 64.2 Å². The highest BCUT2D eigenvalue weighted by Gasteiger charge is 2.16. The lowest BCUT2D eigenvalue weighted by atomic mass is 10.0. The minimum atomic E-state index is -0.771. The topological polar surface area (TPSA) is 72.8 Å². The fraction of sp³-hybridized carbons (Fsp3) is 0.882. The normalized spacial score (nSPS) is 12.3. The van der Waals surface area contributed by atoms with Crippen LogP contribution >= 0.6 is 0 Å². The summed E-state index contributed by atoms with van der Waals surface area (Å²) in [6.45, 7) is 4.16. The molecule has 0 spiro atoms. The van der Waals surface area contributed by atoms with E-state index in [9.17, 15) is 14.7 Å². The first-order valence-corrected chi connectivity index (χ1v) is 24.9. The third-order valence-corrected chi connectivity index (χ3v) is 11.2. The van der Waals surface area contributed by atoms with E-state index in [1.165, 1.54) is 199 Å². The van der Waals surface area contributed by atoms with Crippen LogP contribution in [0.15, 0.2) is 24.3 Å². The summed E-state index contributed by atoms with van der Waals surface area (Å²) >= 11 is 0. The molecule has 0 aliphatic carbocycles. The molecule has 1 atom stereocenters. The van der Waals surface area contributed by atoms with Crippen LogP contribution in [0.2, 0.25) is 0 Å². The summed E-state index contributed by atoms with van der Waals surface area (Å²) < 4.78 is 10.7. The molecule has 0 saturated carbocycles. The number of hydrogen-bond donors (Lipinski definition) is 1. The van der Waals surface area contributed by atoms with Gasteiger partial charge < -0.3 is 14.6 Å². The van der Waals surface area contributed by atoms with Crippen LogP contribution < -0.4 is 0 Å². The predicted octanol–water partition coefficient (Wildman–Crippen LogP) is 16.2. The van der Waals surface area contributed by atoms with Crippen molar-refractivity contribution < 1.29 is 24.2 Å². The smallest absolute Gasteiger partial charge is 0.306 e. The van der Waals surface area contributed by atoms with E-state index in [4.69, 9.17) is 9.47 Å². The zero-order valence-electron chi connectivity index (χ0n) is 37.7. The van der Waals surface area contributed by atoms with Gasteiger partial charge in [0.15, 0.2) is 6.10 Å². The number of carbonyl (C=O) groups is 2. The summed E-state index contributed by atoms with van der Waals surface area (Å²) in [5.74, 6) is -0.588. The van der Waals surface area contributed by atoms with E-state index >= 15 is 0 Å². The summed E-state index contributed by atoms with van der Waals surface area (Å²) in [7, 11) is 0. The largest absolute Gasteiger partial charge is 0.462 e. The second-order valence-electron chi connectivity index (χ2n) is 16.9. The van der Waals surface area contributed by atoms with Crippen LogP contribution in [0.5, 0.6) is 0 Å². The maximum absolute atomic E-state index is 12.2. The Kier molecular flexibility index (Phi) is 46.4. The number of hydrogen-bond acceptors (Lipinski definition) is 5. The molecule has 5 nitrogen and oxygen atoms in total. The van der Waals surface area contributed by atoms with Crippen molar-refractivity contribution in [2.24, 2.45) is 0 Å². The Morgan fingerprint density at radius 2 is 0.661 bits per heavy atom. The van der Waals surface area contributed by atoms with Crippen molar-refractivity contribution in [3.05, 3.63) is 24.3 Å². The van der Waals surface area contributed by atoms with Crippen molar-refractivity contribution >= 4 is 11.9 Å². The van der Waals surface area contributed by atoms with Gasteiger partial charge in [-0.3, -0.25) is 9.59 Å². The number of aliphatic hydroxyl groups is 1. The molecular formula is C51H96O5. The van der Waals surface area contributed by atoms with Crippen LogP contribution in [0.4, 0.5) is 0 Å². The fourth-order valence-electron chi connectivity index (χ4n) is 7.43. The quantitative estimate of drug-likeness (QED) is 0.0378. The zero-order valence-corrected chi connectivity index (χ0v) is 37.7. The van der Waals surface area contributed by atoms with Crippen molar-refractivity contribution in [1.82, 2.24) is 0 Å². The first-order chi connectivity index (χ1) is 27.6. The number of aliphatic hydroxyl groups excluding tert-OH is 1. The summed E-state index contributed by atoms with van der Waals surface area (Å²) in [5.41, 5.74) is 0. The molecule has 0 saturated heterocycles. The van der Waals surface area contributed by atoms with Gasteiger partial charge in [0.25, 0.3) is 0 Å². The Balaban J connectivity index is 3.45. The molecule has 0 heterocycles. The van der Waals surface area contributed by atoms with Crippen molar-refractivity contribution in [2.45, 2.75) is 277 Å². The molecule has 0 fully saturated rings. The van der Waals surface area contributed by atoms with E-state index in [0.717, 1.165) is 44.9 Å². The highest BCUT2D eigenvalue weighted by molar-refractivity contribution is 5.70. The summed E-state index contributed by atoms with van der Waals surface area (Å²) in [5, 5.41) is 9.60. The van der Waals surface area contributed by atoms with Gasteiger partial charge in [0, 0.05) is 12.8 Å². The van der Waals surface area contributed by atoms with Crippen LogP contribution in [0.1, 0.15) is 271 Å². The molecule has 0 radical (unpaired) electrons. The molecule has 5 heteroatoms. The van der Waals surface area contributed by atoms with Crippen LogP contribution in [0, 0.1) is 0 Å². The minimum Gasteiger partial charge on any atom is -0.462 e. The van der Waals surface area contributed by atoms with Gasteiger partial charge in [0.1, 0.15) is 6.61 Å². The van der Waals surface area contributed by atoms with Gasteiger partial charge in [0.05, 0.1) is 6.61 Å². The van der Waals surface area contributed by atoms with E-state index in [1.54, 1.807) is 0 Å². The van der Waals surface area contributed by atoms with E-state index in [1.807, 2.05) is 0 Å². The molecule has 0 bridgehead atoms. The summed E-state index contributed by atoms with van der Waals surface area (Å²) in [6, 6.07) is 0. The van der Waals surface area contributed by atoms with E-state index in [-0.39, 0.29) is 25.2 Å². The molecule has 0 amide bonds. The van der Waals surface area contributed by atoms with Crippen LogP contribution in [0.3, 0.4) is 0 Å². The zero-order chi connectivity index (χ0) is 40.7. The Morgan fingerprint density at radius 3 is 0.964 bits per heavy atom. The third-order valence-electron chi connectivity index (χ3n) is 11.2. The standard InChI is InChI=1S/C51H96O5/c1-3-5-7-9-11-13-15-17-19-20-21-22-23-24-25-26-27-28-29-30-32-34-36-38-40-42-44-46-51(54)56-49(47-52)48-55-50(53)45-43-41-39-37-35-33-31-18-16-14-12-10-8-6-4-2/h18,20-21,31,49,52H,3-17,19,22-30,32-48H2,1-2H3/b21-20-,31-18-. The van der Waals surface area contributed by atoms with E-state index < -0.39 is 6.10 Å². The average molecular weight is 789 g/mol. The molecule has 56 heavy (non-hydrogen) atoms. The molecule has 330 valence electrons. The molecule has 0 aromatic heterocycles. The van der Waals surface area contributed by atoms with Crippen LogP contribution in [0.25, 0.3) is 0 Å². The van der Waals surface area contributed by atoms with Crippen molar-refractivity contribution in [3.8, 4) is 0 Å². The van der Waals surface area contributed by atoms with Crippen molar-refractivity contribution in [3.63, 3.8) is 0 Å². The number of allylic oxidation sites excluding steroid dienone is 4. The first-order valence-electron chi connectivity index (χ1n) is 24.9. The lowest BCUT2D eigenvalue weighted by molar-refractivity contribution is -0.161. The Labute approximate surface area is 349 Å². The minimum absolute atomic E-state index is 0.0658. The summed E-state index contributed by atoms with van der Waals surface area (Å²) in [6.07, 6.45) is 58.5. The molecule has 0 aromatic rings. The maximum Gasteiger partial charge on any atom is 0.306 e.